The van der Waals surface area contributed by atoms with E-state index >= 15 is 0 Å². The molecule has 6 nitrogen and oxygen atoms in total. The van der Waals surface area contributed by atoms with Gasteiger partial charge >= 0.3 is 0 Å². The van der Waals surface area contributed by atoms with Crippen molar-refractivity contribution in [3.8, 4) is 17.1 Å². The molecule has 0 saturated carbocycles. The minimum atomic E-state index is -0.518. The van der Waals surface area contributed by atoms with Gasteiger partial charge in [0.15, 0.2) is 11.0 Å². The van der Waals surface area contributed by atoms with Crippen molar-refractivity contribution in [3.63, 3.8) is 0 Å². The SMILES string of the molecule is Cn1c(SCc2cc(F)cc3c2OC(c2ccccc2)OC3)nnc1-c1ccncc1. The molecule has 0 saturated heterocycles. The van der Waals surface area contributed by atoms with Crippen LogP contribution in [0.1, 0.15) is 23.0 Å². The second-order valence-electron chi connectivity index (χ2n) is 7.11. The molecule has 0 spiro atoms. The molecule has 1 aliphatic heterocycles. The van der Waals surface area contributed by atoms with E-state index in [0.717, 1.165) is 27.7 Å². The average molecular weight is 434 g/mol. The van der Waals surface area contributed by atoms with E-state index in [1.165, 1.54) is 23.9 Å². The van der Waals surface area contributed by atoms with Crippen molar-refractivity contribution in [3.05, 3.63) is 89.5 Å². The molecule has 1 aliphatic rings. The first-order chi connectivity index (χ1) is 15.2. The summed E-state index contributed by atoms with van der Waals surface area (Å²) in [4.78, 5) is 4.04. The van der Waals surface area contributed by atoms with Crippen LogP contribution in [0.2, 0.25) is 0 Å². The van der Waals surface area contributed by atoms with Crippen molar-refractivity contribution in [2.75, 3.05) is 0 Å². The third kappa shape index (κ3) is 4.04. The molecule has 5 rings (SSSR count). The van der Waals surface area contributed by atoms with Crippen LogP contribution in [0.4, 0.5) is 4.39 Å². The van der Waals surface area contributed by atoms with Gasteiger partial charge in [-0.25, -0.2) is 4.39 Å². The zero-order valence-corrected chi connectivity index (χ0v) is 17.6. The van der Waals surface area contributed by atoms with E-state index in [2.05, 4.69) is 15.2 Å². The van der Waals surface area contributed by atoms with Crippen LogP contribution in [-0.4, -0.2) is 19.7 Å². The molecule has 0 fully saturated rings. The average Bonchev–Trinajstić information content (AvgIpc) is 3.18. The van der Waals surface area contributed by atoms with Gasteiger partial charge in [0.1, 0.15) is 11.6 Å². The van der Waals surface area contributed by atoms with Gasteiger partial charge in [-0.05, 0) is 24.3 Å². The minimum absolute atomic E-state index is 0.292. The van der Waals surface area contributed by atoms with E-state index in [1.807, 2.05) is 54.1 Å². The smallest absolute Gasteiger partial charge is 0.227 e. The highest BCUT2D eigenvalue weighted by molar-refractivity contribution is 7.98. The van der Waals surface area contributed by atoms with Crippen molar-refractivity contribution >= 4 is 11.8 Å². The molecule has 156 valence electrons. The van der Waals surface area contributed by atoms with Crippen LogP contribution in [0.15, 0.2) is 72.1 Å². The number of fused-ring (bicyclic) bond motifs is 1. The summed E-state index contributed by atoms with van der Waals surface area (Å²) < 4.78 is 28.1. The Hall–Kier alpha value is -3.23. The van der Waals surface area contributed by atoms with E-state index < -0.39 is 6.29 Å². The highest BCUT2D eigenvalue weighted by atomic mass is 32.2. The lowest BCUT2D eigenvalue weighted by atomic mass is 10.1. The predicted octanol–water partition coefficient (Wildman–Crippen LogP) is 4.92. The number of aromatic nitrogens is 4. The zero-order chi connectivity index (χ0) is 21.2. The maximum Gasteiger partial charge on any atom is 0.227 e. The lowest BCUT2D eigenvalue weighted by Gasteiger charge is -2.28. The number of ether oxygens (including phenoxy) is 2. The van der Waals surface area contributed by atoms with Crippen molar-refractivity contribution in [2.24, 2.45) is 7.05 Å². The number of hydrogen-bond donors (Lipinski definition) is 0. The summed E-state index contributed by atoms with van der Waals surface area (Å²) in [7, 11) is 1.91. The Morgan fingerprint density at radius 2 is 1.90 bits per heavy atom. The van der Waals surface area contributed by atoms with E-state index in [9.17, 15) is 4.39 Å². The minimum Gasteiger partial charge on any atom is -0.460 e. The normalized spacial score (nSPS) is 15.4. The highest BCUT2D eigenvalue weighted by Crippen LogP contribution is 2.38. The third-order valence-corrected chi connectivity index (χ3v) is 6.09. The van der Waals surface area contributed by atoms with Gasteiger partial charge in [0, 0.05) is 47.4 Å². The van der Waals surface area contributed by atoms with Crippen molar-refractivity contribution < 1.29 is 13.9 Å². The molecule has 0 bridgehead atoms. The molecule has 4 aromatic rings. The summed E-state index contributed by atoms with van der Waals surface area (Å²) in [6.07, 6.45) is 2.92. The van der Waals surface area contributed by atoms with Gasteiger partial charge in [0.2, 0.25) is 6.29 Å². The van der Waals surface area contributed by atoms with Crippen molar-refractivity contribution in [1.82, 2.24) is 19.7 Å². The second kappa shape index (κ2) is 8.49. The lowest BCUT2D eigenvalue weighted by molar-refractivity contribution is -0.112. The first-order valence-electron chi connectivity index (χ1n) is 9.76. The van der Waals surface area contributed by atoms with Crippen molar-refractivity contribution in [1.29, 1.82) is 0 Å². The summed E-state index contributed by atoms with van der Waals surface area (Å²) in [6.45, 7) is 0.292. The van der Waals surface area contributed by atoms with Crippen molar-refractivity contribution in [2.45, 2.75) is 23.8 Å². The first kappa shape index (κ1) is 19.7. The van der Waals surface area contributed by atoms with Gasteiger partial charge in [-0.2, -0.15) is 0 Å². The van der Waals surface area contributed by atoms with E-state index in [1.54, 1.807) is 12.4 Å². The topological polar surface area (TPSA) is 62.1 Å². The first-order valence-corrected chi connectivity index (χ1v) is 10.7. The summed E-state index contributed by atoms with van der Waals surface area (Å²) in [5.41, 5.74) is 3.33. The van der Waals surface area contributed by atoms with Gasteiger partial charge in [-0.3, -0.25) is 4.98 Å². The molecule has 0 aliphatic carbocycles. The summed E-state index contributed by atoms with van der Waals surface area (Å²) in [5.74, 6) is 1.60. The molecule has 0 amide bonds. The number of halogens is 1. The fourth-order valence-electron chi connectivity index (χ4n) is 3.49. The molecule has 0 radical (unpaired) electrons. The Bertz CT molecular complexity index is 1200. The molecule has 2 aromatic heterocycles. The van der Waals surface area contributed by atoms with Crippen LogP contribution in [0.25, 0.3) is 11.4 Å². The lowest BCUT2D eigenvalue weighted by Crippen LogP contribution is -2.19. The largest absolute Gasteiger partial charge is 0.460 e. The van der Waals surface area contributed by atoms with Crippen LogP contribution >= 0.6 is 11.8 Å². The number of thioether (sulfide) groups is 1. The number of benzene rings is 2. The Morgan fingerprint density at radius 1 is 1.10 bits per heavy atom. The molecular formula is C23H19FN4O2S. The maximum absolute atomic E-state index is 14.2. The van der Waals surface area contributed by atoms with Crippen LogP contribution < -0.4 is 4.74 Å². The summed E-state index contributed by atoms with van der Waals surface area (Å²) in [5, 5.41) is 9.33. The number of nitrogens with zero attached hydrogens (tertiary/aromatic N) is 4. The van der Waals surface area contributed by atoms with Gasteiger partial charge < -0.3 is 14.0 Å². The molecular weight excluding hydrogens is 415 g/mol. The van der Waals surface area contributed by atoms with Gasteiger partial charge in [0.25, 0.3) is 0 Å². The van der Waals surface area contributed by atoms with E-state index in [-0.39, 0.29) is 5.82 Å². The monoisotopic (exact) mass is 434 g/mol. The van der Waals surface area contributed by atoms with Gasteiger partial charge in [-0.1, -0.05) is 42.1 Å². The fraction of sp³-hybridized carbons (Fsp3) is 0.174. The summed E-state index contributed by atoms with van der Waals surface area (Å²) >= 11 is 1.48. The third-order valence-electron chi connectivity index (χ3n) is 5.02. The number of hydrogen-bond acceptors (Lipinski definition) is 6. The summed E-state index contributed by atoms with van der Waals surface area (Å²) in [6, 6.07) is 16.5. The molecule has 3 heterocycles. The van der Waals surface area contributed by atoms with E-state index in [4.69, 9.17) is 9.47 Å². The number of pyridine rings is 1. The van der Waals surface area contributed by atoms with Gasteiger partial charge in [0.05, 0.1) is 6.61 Å². The second-order valence-corrected chi connectivity index (χ2v) is 8.06. The Kier molecular flexibility index (Phi) is 5.40. The van der Waals surface area contributed by atoms with Crippen LogP contribution in [0.3, 0.4) is 0 Å². The number of rotatable bonds is 5. The molecule has 8 heteroatoms. The van der Waals surface area contributed by atoms with Crippen LogP contribution in [-0.2, 0) is 24.1 Å². The molecule has 1 atom stereocenters. The Labute approximate surface area is 183 Å². The molecule has 2 aromatic carbocycles. The van der Waals surface area contributed by atoms with Gasteiger partial charge in [-0.15, -0.1) is 10.2 Å². The highest BCUT2D eigenvalue weighted by Gasteiger charge is 2.25. The maximum atomic E-state index is 14.2. The Morgan fingerprint density at radius 3 is 2.71 bits per heavy atom. The van der Waals surface area contributed by atoms with Crippen LogP contribution in [0.5, 0.6) is 5.75 Å². The molecule has 1 unspecified atom stereocenters. The van der Waals surface area contributed by atoms with E-state index in [0.29, 0.717) is 23.7 Å². The fourth-order valence-corrected chi connectivity index (χ4v) is 4.37. The Balaban J connectivity index is 1.39. The van der Waals surface area contributed by atoms with Crippen LogP contribution in [0, 0.1) is 5.82 Å². The zero-order valence-electron chi connectivity index (χ0n) is 16.7. The molecule has 31 heavy (non-hydrogen) atoms. The molecule has 0 N–H and O–H groups in total. The predicted molar refractivity (Wildman–Crippen MR) is 115 cm³/mol. The standard InChI is InChI=1S/C23H19FN4O2S/c1-28-21(15-7-9-25-10-8-15)26-27-23(28)31-14-18-12-19(24)11-17-13-29-22(30-20(17)18)16-5-3-2-4-6-16/h2-12,22H,13-14H2,1H3. The quantitative estimate of drug-likeness (QED) is 0.416.